The Balaban J connectivity index is 2.60. The van der Waals surface area contributed by atoms with E-state index in [0.29, 0.717) is 20.7 Å². The van der Waals surface area contributed by atoms with Crippen molar-refractivity contribution >= 4 is 39.5 Å². The van der Waals surface area contributed by atoms with Gasteiger partial charge in [0.05, 0.1) is 22.9 Å². The monoisotopic (exact) mass is 418 g/mol. The third-order valence-corrected chi connectivity index (χ3v) is 3.86. The average molecular weight is 418 g/mol. The number of hydrogen-bond donors (Lipinski definition) is 0. The minimum Gasteiger partial charge on any atom is -0.487 e. The lowest BCUT2D eigenvalue weighted by atomic mass is 10.2. The first-order valence-corrected chi connectivity index (χ1v) is 8.09. The molecule has 5 nitrogen and oxygen atoms in total. The van der Waals surface area contributed by atoms with E-state index in [-0.39, 0.29) is 18.0 Å². The molecule has 0 aliphatic carbocycles. The quantitative estimate of drug-likeness (QED) is 0.532. The number of benzene rings is 1. The van der Waals surface area contributed by atoms with Crippen LogP contribution < -0.4 is 9.47 Å². The van der Waals surface area contributed by atoms with Gasteiger partial charge in [0.1, 0.15) is 5.58 Å². The highest BCUT2D eigenvalue weighted by Gasteiger charge is 2.22. The van der Waals surface area contributed by atoms with E-state index >= 15 is 0 Å². The summed E-state index contributed by atoms with van der Waals surface area (Å²) >= 11 is 2.07. The molecule has 0 bridgehead atoms. The van der Waals surface area contributed by atoms with E-state index in [1.54, 1.807) is 6.07 Å². The van der Waals surface area contributed by atoms with Crippen LogP contribution in [0, 0.1) is 3.57 Å². The summed E-state index contributed by atoms with van der Waals surface area (Å²) in [5.74, 6) is 0.914. The number of carbonyl (C=O) groups excluding carboxylic acids is 1. The van der Waals surface area contributed by atoms with E-state index in [0.717, 1.165) is 5.39 Å². The maximum Gasteiger partial charge on any atom is 0.375 e. The largest absolute Gasteiger partial charge is 0.487 e. The Kier molecular flexibility index (Phi) is 5.20. The van der Waals surface area contributed by atoms with Crippen LogP contribution in [0.1, 0.15) is 38.2 Å². The molecule has 2 aromatic rings. The Morgan fingerprint density at radius 3 is 2.14 bits per heavy atom. The standard InChI is InChI=1S/C16H19IO5/c1-8(2)20-12-6-10-11(7-13(12)21-9(3)4)22-15(14(10)17)16(18)19-5/h6-9H,1-5H3. The summed E-state index contributed by atoms with van der Waals surface area (Å²) < 4.78 is 22.7. The van der Waals surface area contributed by atoms with E-state index in [1.807, 2.05) is 33.8 Å². The smallest absolute Gasteiger partial charge is 0.375 e. The summed E-state index contributed by atoms with van der Waals surface area (Å²) in [7, 11) is 1.33. The van der Waals surface area contributed by atoms with Gasteiger partial charge >= 0.3 is 5.97 Å². The van der Waals surface area contributed by atoms with Crippen molar-refractivity contribution < 1.29 is 23.4 Å². The second kappa shape index (κ2) is 6.76. The molecule has 0 radical (unpaired) electrons. The van der Waals surface area contributed by atoms with E-state index in [4.69, 9.17) is 18.6 Å². The predicted molar refractivity (Wildman–Crippen MR) is 91.8 cm³/mol. The molecule has 0 amide bonds. The molecule has 0 N–H and O–H groups in total. The van der Waals surface area contributed by atoms with Crippen molar-refractivity contribution in [2.24, 2.45) is 0 Å². The fraction of sp³-hybridized carbons (Fsp3) is 0.438. The van der Waals surface area contributed by atoms with Crippen molar-refractivity contribution in [2.75, 3.05) is 7.11 Å². The Bertz CT molecular complexity index is 687. The summed E-state index contributed by atoms with van der Waals surface area (Å²) in [5.41, 5.74) is 0.566. The summed E-state index contributed by atoms with van der Waals surface area (Å²) in [5, 5.41) is 0.799. The van der Waals surface area contributed by atoms with Crippen molar-refractivity contribution in [2.45, 2.75) is 39.9 Å². The molecule has 0 fully saturated rings. The maximum absolute atomic E-state index is 11.7. The highest BCUT2D eigenvalue weighted by atomic mass is 127. The van der Waals surface area contributed by atoms with Crippen LogP contribution in [0.25, 0.3) is 11.0 Å². The minimum atomic E-state index is -0.502. The number of esters is 1. The van der Waals surface area contributed by atoms with Gasteiger partial charge in [-0.05, 0) is 56.4 Å². The highest BCUT2D eigenvalue weighted by molar-refractivity contribution is 14.1. The average Bonchev–Trinajstić information content (AvgIpc) is 2.74. The Hall–Kier alpha value is -1.44. The molecule has 120 valence electrons. The van der Waals surface area contributed by atoms with Crippen LogP contribution in [0.3, 0.4) is 0 Å². The number of halogens is 1. The second-order valence-electron chi connectivity index (χ2n) is 5.37. The Morgan fingerprint density at radius 2 is 1.64 bits per heavy atom. The zero-order chi connectivity index (χ0) is 16.4. The van der Waals surface area contributed by atoms with Crippen LogP contribution >= 0.6 is 22.6 Å². The molecule has 0 saturated carbocycles. The molecule has 0 aliphatic rings. The zero-order valence-corrected chi connectivity index (χ0v) is 15.4. The number of carbonyl (C=O) groups is 1. The van der Waals surface area contributed by atoms with Crippen molar-refractivity contribution in [3.8, 4) is 11.5 Å². The lowest BCUT2D eigenvalue weighted by molar-refractivity contribution is 0.0566. The number of furan rings is 1. The first-order valence-electron chi connectivity index (χ1n) is 7.01. The van der Waals surface area contributed by atoms with Gasteiger partial charge < -0.3 is 18.6 Å². The van der Waals surface area contributed by atoms with Crippen LogP contribution in [-0.4, -0.2) is 25.3 Å². The predicted octanol–water partition coefficient (Wildman–Crippen LogP) is 4.40. The maximum atomic E-state index is 11.7. The number of rotatable bonds is 5. The van der Waals surface area contributed by atoms with Gasteiger partial charge in [-0.2, -0.15) is 0 Å². The molecule has 22 heavy (non-hydrogen) atoms. The Labute approximate surface area is 143 Å². The van der Waals surface area contributed by atoms with Crippen molar-refractivity contribution in [1.29, 1.82) is 0 Å². The SMILES string of the molecule is COC(=O)c1oc2cc(OC(C)C)c(OC(C)C)cc2c1I. The minimum absolute atomic E-state index is 0.000994. The van der Waals surface area contributed by atoms with Gasteiger partial charge in [0.2, 0.25) is 5.76 Å². The summed E-state index contributed by atoms with van der Waals surface area (Å²) in [6.45, 7) is 7.78. The second-order valence-corrected chi connectivity index (χ2v) is 6.44. The third-order valence-electron chi connectivity index (χ3n) is 2.79. The van der Waals surface area contributed by atoms with E-state index in [1.165, 1.54) is 7.11 Å². The van der Waals surface area contributed by atoms with E-state index in [2.05, 4.69) is 22.6 Å². The molecule has 1 heterocycles. The number of methoxy groups -OCH3 is 1. The number of ether oxygens (including phenoxy) is 3. The molecular formula is C16H19IO5. The highest BCUT2D eigenvalue weighted by Crippen LogP contribution is 2.38. The van der Waals surface area contributed by atoms with Crippen molar-refractivity contribution in [3.05, 3.63) is 21.5 Å². The van der Waals surface area contributed by atoms with Gasteiger partial charge in [-0.15, -0.1) is 0 Å². The molecule has 6 heteroatoms. The molecular weight excluding hydrogens is 399 g/mol. The van der Waals surface area contributed by atoms with Crippen LogP contribution in [0.4, 0.5) is 0 Å². The van der Waals surface area contributed by atoms with Gasteiger partial charge in [-0.3, -0.25) is 0 Å². The van der Waals surface area contributed by atoms with Crippen LogP contribution in [0.2, 0.25) is 0 Å². The van der Waals surface area contributed by atoms with Crippen LogP contribution in [0.5, 0.6) is 11.5 Å². The van der Waals surface area contributed by atoms with Crippen molar-refractivity contribution in [3.63, 3.8) is 0 Å². The molecule has 0 aliphatic heterocycles. The van der Waals surface area contributed by atoms with E-state index < -0.39 is 5.97 Å². The fourth-order valence-corrected chi connectivity index (χ4v) is 2.74. The summed E-state index contributed by atoms with van der Waals surface area (Å²) in [6, 6.07) is 3.59. The molecule has 0 unspecified atom stereocenters. The third kappa shape index (κ3) is 3.48. The molecule has 0 atom stereocenters. The normalized spacial score (nSPS) is 11.3. The first-order chi connectivity index (χ1) is 10.3. The lowest BCUT2D eigenvalue weighted by Crippen LogP contribution is -2.10. The van der Waals surface area contributed by atoms with E-state index in [9.17, 15) is 4.79 Å². The Morgan fingerprint density at radius 1 is 1.09 bits per heavy atom. The van der Waals surface area contributed by atoms with Gasteiger partial charge in [-0.25, -0.2) is 4.79 Å². The zero-order valence-electron chi connectivity index (χ0n) is 13.2. The molecule has 1 aromatic heterocycles. The molecule has 2 rings (SSSR count). The van der Waals surface area contributed by atoms with Gasteiger partial charge in [0.25, 0.3) is 0 Å². The van der Waals surface area contributed by atoms with Crippen LogP contribution in [-0.2, 0) is 4.74 Å². The first kappa shape index (κ1) is 16.9. The van der Waals surface area contributed by atoms with Crippen molar-refractivity contribution in [1.82, 2.24) is 0 Å². The van der Waals surface area contributed by atoms with Gasteiger partial charge in [0, 0.05) is 11.5 Å². The molecule has 0 saturated heterocycles. The van der Waals surface area contributed by atoms with Gasteiger partial charge in [0.15, 0.2) is 11.5 Å². The topological polar surface area (TPSA) is 57.9 Å². The number of hydrogen-bond acceptors (Lipinski definition) is 5. The van der Waals surface area contributed by atoms with Crippen LogP contribution in [0.15, 0.2) is 16.5 Å². The van der Waals surface area contributed by atoms with Gasteiger partial charge in [-0.1, -0.05) is 0 Å². The lowest BCUT2D eigenvalue weighted by Gasteiger charge is -2.17. The molecule has 1 aromatic carbocycles. The number of fused-ring (bicyclic) bond motifs is 1. The molecule has 0 spiro atoms. The fourth-order valence-electron chi connectivity index (χ4n) is 1.99. The summed E-state index contributed by atoms with van der Waals surface area (Å²) in [6.07, 6.45) is 0.0117. The summed E-state index contributed by atoms with van der Waals surface area (Å²) in [4.78, 5) is 11.7.